The van der Waals surface area contributed by atoms with Crippen molar-refractivity contribution in [1.82, 2.24) is 10.6 Å². The van der Waals surface area contributed by atoms with Crippen LogP contribution in [0.4, 0.5) is 8.78 Å². The number of methoxy groups -OCH3 is 1. The molecule has 0 radical (unpaired) electrons. The molecule has 0 saturated carbocycles. The smallest absolute Gasteiger partial charge is 0.237 e. The minimum absolute atomic E-state index is 0.0312. The first kappa shape index (κ1) is 19.1. The number of benzene rings is 2. The van der Waals surface area contributed by atoms with E-state index >= 15 is 0 Å². The molecule has 2 aromatic carbocycles. The fourth-order valence-corrected chi connectivity index (χ4v) is 2.97. The van der Waals surface area contributed by atoms with Gasteiger partial charge in [0.15, 0.2) is 11.6 Å². The maximum absolute atomic E-state index is 14.4. The van der Waals surface area contributed by atoms with Gasteiger partial charge in [0.2, 0.25) is 5.91 Å². The van der Waals surface area contributed by atoms with Crippen molar-refractivity contribution in [1.29, 1.82) is 0 Å². The Kier molecular flexibility index (Phi) is 6.24. The van der Waals surface area contributed by atoms with Gasteiger partial charge >= 0.3 is 0 Å². The molecule has 0 bridgehead atoms. The van der Waals surface area contributed by atoms with Gasteiger partial charge in [0.05, 0.1) is 13.2 Å². The molecule has 3 rings (SSSR count). The Balaban J connectivity index is 1.64. The average Bonchev–Trinajstić information content (AvgIpc) is 3.21. The van der Waals surface area contributed by atoms with Crippen molar-refractivity contribution in [2.75, 3.05) is 13.7 Å². The Morgan fingerprint density at radius 3 is 2.67 bits per heavy atom. The number of hydrogen-bond acceptors (Lipinski definition) is 4. The van der Waals surface area contributed by atoms with Crippen LogP contribution in [0.2, 0.25) is 0 Å². The summed E-state index contributed by atoms with van der Waals surface area (Å²) in [5, 5.41) is 5.92. The van der Waals surface area contributed by atoms with Gasteiger partial charge in [-0.2, -0.15) is 0 Å². The molecule has 1 atom stereocenters. The van der Waals surface area contributed by atoms with Gasteiger partial charge in [0.25, 0.3) is 0 Å². The van der Waals surface area contributed by atoms with E-state index in [0.717, 1.165) is 24.9 Å². The zero-order valence-corrected chi connectivity index (χ0v) is 15.1. The SMILES string of the molecule is COc1cc(OCc2ccc(F)cc2)c(F)cc1CNC(=O)[C@@H]1CCCN1. The summed E-state index contributed by atoms with van der Waals surface area (Å²) in [5.74, 6) is -0.549. The third-order valence-electron chi connectivity index (χ3n) is 4.47. The molecule has 1 aliphatic heterocycles. The highest BCUT2D eigenvalue weighted by Crippen LogP contribution is 2.29. The van der Waals surface area contributed by atoms with Crippen LogP contribution in [0.3, 0.4) is 0 Å². The molecule has 0 spiro atoms. The van der Waals surface area contributed by atoms with Gasteiger partial charge in [-0.05, 0) is 43.1 Å². The van der Waals surface area contributed by atoms with Crippen molar-refractivity contribution in [2.45, 2.75) is 32.0 Å². The minimum Gasteiger partial charge on any atom is -0.496 e. The number of nitrogens with one attached hydrogen (secondary N) is 2. The van der Waals surface area contributed by atoms with Gasteiger partial charge in [-0.1, -0.05) is 12.1 Å². The van der Waals surface area contributed by atoms with E-state index in [1.165, 1.54) is 31.4 Å². The Labute approximate surface area is 156 Å². The maximum Gasteiger partial charge on any atom is 0.237 e. The molecule has 2 aromatic rings. The van der Waals surface area contributed by atoms with E-state index in [-0.39, 0.29) is 36.7 Å². The lowest BCUT2D eigenvalue weighted by atomic mass is 10.1. The summed E-state index contributed by atoms with van der Waals surface area (Å²) in [6.45, 7) is 1.09. The molecule has 0 unspecified atom stereocenters. The lowest BCUT2D eigenvalue weighted by molar-refractivity contribution is -0.122. The molecule has 1 fully saturated rings. The summed E-state index contributed by atoms with van der Waals surface area (Å²) in [6.07, 6.45) is 1.77. The normalized spacial score (nSPS) is 16.2. The highest BCUT2D eigenvalue weighted by atomic mass is 19.1. The quantitative estimate of drug-likeness (QED) is 0.780. The zero-order valence-electron chi connectivity index (χ0n) is 15.1. The van der Waals surface area contributed by atoms with Gasteiger partial charge < -0.3 is 20.1 Å². The summed E-state index contributed by atoms with van der Waals surface area (Å²) in [6, 6.07) is 8.34. The van der Waals surface area contributed by atoms with Crippen LogP contribution in [0.5, 0.6) is 11.5 Å². The number of amides is 1. The third-order valence-corrected chi connectivity index (χ3v) is 4.47. The van der Waals surface area contributed by atoms with Crippen LogP contribution >= 0.6 is 0 Å². The van der Waals surface area contributed by atoms with Crippen LogP contribution in [-0.2, 0) is 17.9 Å². The number of carbonyl (C=O) groups is 1. The van der Waals surface area contributed by atoms with Gasteiger partial charge in [-0.15, -0.1) is 0 Å². The van der Waals surface area contributed by atoms with Gasteiger partial charge in [-0.25, -0.2) is 8.78 Å². The molecule has 1 saturated heterocycles. The molecule has 7 heteroatoms. The summed E-state index contributed by atoms with van der Waals surface area (Å²) in [5.41, 5.74) is 1.24. The molecular formula is C20H22F2N2O3. The Bertz CT molecular complexity index is 791. The van der Waals surface area contributed by atoms with Gasteiger partial charge in [0, 0.05) is 18.2 Å². The van der Waals surface area contributed by atoms with Gasteiger partial charge in [-0.3, -0.25) is 4.79 Å². The number of rotatable bonds is 7. The standard InChI is InChI=1S/C20H22F2N2O3/c1-26-18-10-19(27-12-13-4-6-15(21)7-5-13)16(22)9-14(18)11-24-20(25)17-3-2-8-23-17/h4-7,9-10,17,23H,2-3,8,11-12H2,1H3,(H,24,25)/t17-/m0/s1. The molecule has 0 aromatic heterocycles. The summed E-state index contributed by atoms with van der Waals surface area (Å²) in [4.78, 5) is 12.1. The van der Waals surface area contributed by atoms with E-state index in [9.17, 15) is 13.6 Å². The fraction of sp³-hybridized carbons (Fsp3) is 0.350. The first-order valence-corrected chi connectivity index (χ1v) is 8.81. The van der Waals surface area contributed by atoms with Crippen molar-refractivity contribution >= 4 is 5.91 Å². The summed E-state index contributed by atoms with van der Waals surface area (Å²) in [7, 11) is 1.47. The summed E-state index contributed by atoms with van der Waals surface area (Å²) >= 11 is 0. The van der Waals surface area contributed by atoms with E-state index in [1.807, 2.05) is 0 Å². The Hall–Kier alpha value is -2.67. The molecule has 1 amide bonds. The average molecular weight is 376 g/mol. The first-order valence-electron chi connectivity index (χ1n) is 8.81. The van der Waals surface area contributed by atoms with Crippen molar-refractivity contribution in [3.05, 3.63) is 59.2 Å². The molecule has 0 aliphatic carbocycles. The predicted molar refractivity (Wildman–Crippen MR) is 96.6 cm³/mol. The van der Waals surface area contributed by atoms with E-state index in [0.29, 0.717) is 11.3 Å². The topological polar surface area (TPSA) is 59.6 Å². The number of ether oxygens (including phenoxy) is 2. The maximum atomic E-state index is 14.4. The third kappa shape index (κ3) is 4.95. The second kappa shape index (κ2) is 8.81. The van der Waals surface area contributed by atoms with E-state index < -0.39 is 5.82 Å². The lowest BCUT2D eigenvalue weighted by Gasteiger charge is -2.15. The molecule has 1 heterocycles. The van der Waals surface area contributed by atoms with E-state index in [4.69, 9.17) is 9.47 Å². The molecule has 27 heavy (non-hydrogen) atoms. The highest BCUT2D eigenvalue weighted by Gasteiger charge is 2.22. The van der Waals surface area contributed by atoms with Crippen molar-refractivity contribution in [3.63, 3.8) is 0 Å². The largest absolute Gasteiger partial charge is 0.496 e. The lowest BCUT2D eigenvalue weighted by Crippen LogP contribution is -2.40. The van der Waals surface area contributed by atoms with Crippen LogP contribution in [0.25, 0.3) is 0 Å². The van der Waals surface area contributed by atoms with Crippen LogP contribution in [0, 0.1) is 11.6 Å². The summed E-state index contributed by atoms with van der Waals surface area (Å²) < 4.78 is 38.1. The van der Waals surface area contributed by atoms with Gasteiger partial charge in [0.1, 0.15) is 18.2 Å². The fourth-order valence-electron chi connectivity index (χ4n) is 2.97. The second-order valence-corrected chi connectivity index (χ2v) is 6.38. The Morgan fingerprint density at radius 1 is 1.22 bits per heavy atom. The van der Waals surface area contributed by atoms with Crippen molar-refractivity contribution in [3.8, 4) is 11.5 Å². The number of carbonyl (C=O) groups excluding carboxylic acids is 1. The van der Waals surface area contributed by atoms with E-state index in [2.05, 4.69) is 10.6 Å². The molecular weight excluding hydrogens is 354 g/mol. The van der Waals surface area contributed by atoms with Crippen LogP contribution in [-0.4, -0.2) is 25.6 Å². The van der Waals surface area contributed by atoms with Crippen molar-refractivity contribution in [2.24, 2.45) is 0 Å². The second-order valence-electron chi connectivity index (χ2n) is 6.38. The first-order chi connectivity index (χ1) is 13.1. The predicted octanol–water partition coefficient (Wildman–Crippen LogP) is 2.92. The number of halogens is 2. The minimum atomic E-state index is -0.554. The zero-order chi connectivity index (χ0) is 19.2. The molecule has 1 aliphatic rings. The number of hydrogen-bond donors (Lipinski definition) is 2. The molecule has 2 N–H and O–H groups in total. The van der Waals surface area contributed by atoms with Crippen LogP contribution in [0.1, 0.15) is 24.0 Å². The Morgan fingerprint density at radius 2 is 2.00 bits per heavy atom. The van der Waals surface area contributed by atoms with Crippen molar-refractivity contribution < 1.29 is 23.0 Å². The molecule has 5 nitrogen and oxygen atoms in total. The van der Waals surface area contributed by atoms with Crippen LogP contribution in [0.15, 0.2) is 36.4 Å². The van der Waals surface area contributed by atoms with Crippen LogP contribution < -0.4 is 20.1 Å². The highest BCUT2D eigenvalue weighted by molar-refractivity contribution is 5.82. The monoisotopic (exact) mass is 376 g/mol. The van der Waals surface area contributed by atoms with E-state index in [1.54, 1.807) is 12.1 Å². The molecule has 144 valence electrons.